The Hall–Kier alpha value is -2.31. The highest BCUT2D eigenvalue weighted by atomic mass is 35.5. The van der Waals surface area contributed by atoms with Crippen LogP contribution in [0.2, 0.25) is 5.02 Å². The number of carbonyl (C=O) groups excluding carboxylic acids is 1. The predicted molar refractivity (Wildman–Crippen MR) is 82.8 cm³/mol. The molecule has 0 unspecified atom stereocenters. The van der Waals surface area contributed by atoms with Crippen LogP contribution in [0.4, 0.5) is 0 Å². The Kier molecular flexibility index (Phi) is 4.97. The number of hydrogen-bond acceptors (Lipinski definition) is 2. The van der Waals surface area contributed by atoms with Crippen LogP contribution in [0.3, 0.4) is 0 Å². The van der Waals surface area contributed by atoms with Crippen molar-refractivity contribution in [2.24, 2.45) is 0 Å². The lowest BCUT2D eigenvalue weighted by molar-refractivity contribution is -0.129. The van der Waals surface area contributed by atoms with Crippen molar-refractivity contribution in [3.05, 3.63) is 70.2 Å². The van der Waals surface area contributed by atoms with E-state index < -0.39 is 0 Å². The molecule has 2 aromatic rings. The fraction of sp³-hybridized carbons (Fsp3) is 0.176. The zero-order chi connectivity index (χ0) is 15.2. The standard InChI is InChI=1S/C17H15ClN2O/c1-20(12-15-4-2-3-14(9-15)11-19)17(21)10-13-5-7-16(18)8-6-13/h2-9H,10,12H2,1H3. The minimum absolute atomic E-state index is 0.0275. The number of halogens is 1. The molecule has 3 nitrogen and oxygen atoms in total. The molecule has 0 saturated carbocycles. The molecule has 0 atom stereocenters. The van der Waals surface area contributed by atoms with Crippen molar-refractivity contribution in [3.63, 3.8) is 0 Å². The first-order valence-corrected chi connectivity index (χ1v) is 6.94. The van der Waals surface area contributed by atoms with Crippen molar-refractivity contribution < 1.29 is 4.79 Å². The maximum atomic E-state index is 12.2. The quantitative estimate of drug-likeness (QED) is 0.868. The van der Waals surface area contributed by atoms with Crippen LogP contribution in [-0.4, -0.2) is 17.9 Å². The van der Waals surface area contributed by atoms with Gasteiger partial charge in [-0.05, 0) is 35.4 Å². The van der Waals surface area contributed by atoms with Crippen LogP contribution in [-0.2, 0) is 17.8 Å². The van der Waals surface area contributed by atoms with E-state index in [1.165, 1.54) is 0 Å². The highest BCUT2D eigenvalue weighted by Crippen LogP contribution is 2.12. The first-order valence-electron chi connectivity index (χ1n) is 6.56. The predicted octanol–water partition coefficient (Wildman–Crippen LogP) is 3.41. The van der Waals surface area contributed by atoms with Gasteiger partial charge in [-0.2, -0.15) is 5.26 Å². The molecule has 0 bridgehead atoms. The lowest BCUT2D eigenvalue weighted by Gasteiger charge is -2.17. The number of rotatable bonds is 4. The Morgan fingerprint density at radius 1 is 1.19 bits per heavy atom. The lowest BCUT2D eigenvalue weighted by atomic mass is 10.1. The smallest absolute Gasteiger partial charge is 0.227 e. The molecule has 0 aliphatic carbocycles. The summed E-state index contributed by atoms with van der Waals surface area (Å²) in [5.41, 5.74) is 2.48. The zero-order valence-electron chi connectivity index (χ0n) is 11.7. The molecule has 0 aliphatic heterocycles. The summed E-state index contributed by atoms with van der Waals surface area (Å²) < 4.78 is 0. The molecule has 2 rings (SSSR count). The highest BCUT2D eigenvalue weighted by molar-refractivity contribution is 6.30. The van der Waals surface area contributed by atoms with Gasteiger partial charge in [-0.1, -0.05) is 35.9 Å². The Morgan fingerprint density at radius 3 is 2.57 bits per heavy atom. The van der Waals surface area contributed by atoms with E-state index in [1.807, 2.05) is 24.3 Å². The van der Waals surface area contributed by atoms with Crippen LogP contribution in [0.5, 0.6) is 0 Å². The molecule has 2 aromatic carbocycles. The molecule has 0 saturated heterocycles. The van der Waals surface area contributed by atoms with Crippen molar-refractivity contribution in [2.75, 3.05) is 7.05 Å². The largest absolute Gasteiger partial charge is 0.341 e. The summed E-state index contributed by atoms with van der Waals surface area (Å²) in [5, 5.41) is 9.54. The minimum Gasteiger partial charge on any atom is -0.341 e. The van der Waals surface area contributed by atoms with Crippen molar-refractivity contribution >= 4 is 17.5 Å². The molecule has 106 valence electrons. The fourth-order valence-electron chi connectivity index (χ4n) is 2.01. The van der Waals surface area contributed by atoms with Gasteiger partial charge in [-0.3, -0.25) is 4.79 Å². The van der Waals surface area contributed by atoms with E-state index in [4.69, 9.17) is 16.9 Å². The number of carbonyl (C=O) groups is 1. The molecule has 0 aromatic heterocycles. The number of hydrogen-bond donors (Lipinski definition) is 0. The van der Waals surface area contributed by atoms with E-state index in [9.17, 15) is 4.79 Å². The van der Waals surface area contributed by atoms with Crippen LogP contribution in [0.25, 0.3) is 0 Å². The van der Waals surface area contributed by atoms with Crippen LogP contribution in [0.15, 0.2) is 48.5 Å². The second-order valence-electron chi connectivity index (χ2n) is 4.87. The van der Waals surface area contributed by atoms with E-state index in [0.717, 1.165) is 11.1 Å². The topological polar surface area (TPSA) is 44.1 Å². The Balaban J connectivity index is 1.99. The molecule has 0 fully saturated rings. The summed E-state index contributed by atoms with van der Waals surface area (Å²) in [6.07, 6.45) is 0.339. The number of benzene rings is 2. The van der Waals surface area contributed by atoms with Gasteiger partial charge in [0.05, 0.1) is 18.1 Å². The second-order valence-corrected chi connectivity index (χ2v) is 5.30. The summed E-state index contributed by atoms with van der Waals surface area (Å²) >= 11 is 5.82. The van der Waals surface area contributed by atoms with Gasteiger partial charge in [0, 0.05) is 18.6 Å². The Morgan fingerprint density at radius 2 is 1.90 bits per heavy atom. The normalized spacial score (nSPS) is 9.95. The number of amides is 1. The van der Waals surface area contributed by atoms with Crippen LogP contribution >= 0.6 is 11.6 Å². The van der Waals surface area contributed by atoms with Gasteiger partial charge in [0.15, 0.2) is 0 Å². The maximum Gasteiger partial charge on any atom is 0.227 e. The zero-order valence-corrected chi connectivity index (χ0v) is 12.5. The molecule has 0 N–H and O–H groups in total. The van der Waals surface area contributed by atoms with Crippen LogP contribution in [0.1, 0.15) is 16.7 Å². The van der Waals surface area contributed by atoms with Crippen molar-refractivity contribution in [3.8, 4) is 6.07 Å². The van der Waals surface area contributed by atoms with E-state index >= 15 is 0 Å². The Labute approximate surface area is 129 Å². The van der Waals surface area contributed by atoms with Crippen LogP contribution in [0, 0.1) is 11.3 Å². The van der Waals surface area contributed by atoms with E-state index in [0.29, 0.717) is 23.6 Å². The summed E-state index contributed by atoms with van der Waals surface area (Å²) in [7, 11) is 1.76. The van der Waals surface area contributed by atoms with E-state index in [1.54, 1.807) is 36.2 Å². The third-order valence-electron chi connectivity index (χ3n) is 3.17. The third kappa shape index (κ3) is 4.34. The van der Waals surface area contributed by atoms with Crippen molar-refractivity contribution in [1.82, 2.24) is 4.90 Å². The maximum absolute atomic E-state index is 12.2. The van der Waals surface area contributed by atoms with Crippen LogP contribution < -0.4 is 0 Å². The molecule has 0 aliphatic rings. The first kappa shape index (κ1) is 15.1. The summed E-state index contributed by atoms with van der Waals surface area (Å²) in [4.78, 5) is 13.8. The van der Waals surface area contributed by atoms with Gasteiger partial charge in [0.1, 0.15) is 0 Å². The highest BCUT2D eigenvalue weighted by Gasteiger charge is 2.10. The van der Waals surface area contributed by atoms with E-state index in [2.05, 4.69) is 6.07 Å². The summed E-state index contributed by atoms with van der Waals surface area (Å²) in [6, 6.07) is 16.6. The van der Waals surface area contributed by atoms with Gasteiger partial charge >= 0.3 is 0 Å². The minimum atomic E-state index is 0.0275. The van der Waals surface area contributed by atoms with Gasteiger partial charge < -0.3 is 4.90 Å². The van der Waals surface area contributed by atoms with Crippen molar-refractivity contribution in [1.29, 1.82) is 5.26 Å². The average molecular weight is 299 g/mol. The molecular formula is C17H15ClN2O. The molecule has 4 heteroatoms. The molecular weight excluding hydrogens is 284 g/mol. The second kappa shape index (κ2) is 6.92. The van der Waals surface area contributed by atoms with Gasteiger partial charge in [0.25, 0.3) is 0 Å². The average Bonchev–Trinajstić information content (AvgIpc) is 2.49. The molecule has 0 radical (unpaired) electrons. The number of nitrogens with zero attached hydrogens (tertiary/aromatic N) is 2. The number of nitriles is 1. The summed E-state index contributed by atoms with van der Waals surface area (Å²) in [5.74, 6) is 0.0275. The van der Waals surface area contributed by atoms with Gasteiger partial charge in [-0.15, -0.1) is 0 Å². The molecule has 21 heavy (non-hydrogen) atoms. The van der Waals surface area contributed by atoms with Crippen molar-refractivity contribution in [2.45, 2.75) is 13.0 Å². The van der Waals surface area contributed by atoms with Gasteiger partial charge in [0.2, 0.25) is 5.91 Å². The van der Waals surface area contributed by atoms with Gasteiger partial charge in [-0.25, -0.2) is 0 Å². The SMILES string of the molecule is CN(Cc1cccc(C#N)c1)C(=O)Cc1ccc(Cl)cc1. The molecule has 0 spiro atoms. The fourth-order valence-corrected chi connectivity index (χ4v) is 2.14. The third-order valence-corrected chi connectivity index (χ3v) is 3.42. The first-order chi connectivity index (χ1) is 10.1. The lowest BCUT2D eigenvalue weighted by Crippen LogP contribution is -2.27. The Bertz CT molecular complexity index is 674. The monoisotopic (exact) mass is 298 g/mol. The number of likely N-dealkylation sites (N-methyl/N-ethyl adjacent to an activating group) is 1. The molecule has 1 amide bonds. The molecule has 0 heterocycles. The summed E-state index contributed by atoms with van der Waals surface area (Å²) in [6.45, 7) is 0.488. The van der Waals surface area contributed by atoms with E-state index in [-0.39, 0.29) is 5.91 Å².